The Bertz CT molecular complexity index is 1300. The zero-order valence-corrected chi connectivity index (χ0v) is 17.0. The first-order valence-electron chi connectivity index (χ1n) is 8.88. The van der Waals surface area contributed by atoms with Crippen molar-refractivity contribution in [3.8, 4) is 5.75 Å². The van der Waals surface area contributed by atoms with Crippen molar-refractivity contribution in [3.63, 3.8) is 0 Å². The van der Waals surface area contributed by atoms with Gasteiger partial charge >= 0.3 is 5.97 Å². The predicted molar refractivity (Wildman–Crippen MR) is 116 cm³/mol. The molecule has 0 bridgehead atoms. The molecule has 0 saturated carbocycles. The number of nitrogens with one attached hydrogen (secondary N) is 1. The van der Waals surface area contributed by atoms with Gasteiger partial charge in [-0.2, -0.15) is 8.42 Å². The summed E-state index contributed by atoms with van der Waals surface area (Å²) in [5.74, 6) is -0.183. The second-order valence-corrected chi connectivity index (χ2v) is 8.35. The highest BCUT2D eigenvalue weighted by molar-refractivity contribution is 7.90. The number of carbonyl (C=O) groups is 1. The summed E-state index contributed by atoms with van der Waals surface area (Å²) in [6.07, 6.45) is 2.88. The van der Waals surface area contributed by atoms with Crippen molar-refractivity contribution in [1.82, 2.24) is 0 Å². The summed E-state index contributed by atoms with van der Waals surface area (Å²) >= 11 is 5.94. The Morgan fingerprint density at radius 1 is 1.00 bits per heavy atom. The van der Waals surface area contributed by atoms with Gasteiger partial charge in [0.25, 0.3) is 10.0 Å². The molecule has 6 nitrogen and oxygen atoms in total. The summed E-state index contributed by atoms with van der Waals surface area (Å²) in [5.41, 5.74) is 1.63. The van der Waals surface area contributed by atoms with Crippen molar-refractivity contribution < 1.29 is 17.9 Å². The van der Waals surface area contributed by atoms with Gasteiger partial charge in [-0.1, -0.05) is 48.0 Å². The molecule has 0 aliphatic carbocycles. The van der Waals surface area contributed by atoms with Crippen molar-refractivity contribution in [3.05, 3.63) is 95.0 Å². The van der Waals surface area contributed by atoms with E-state index in [9.17, 15) is 13.2 Å². The van der Waals surface area contributed by atoms with Gasteiger partial charge < -0.3 is 10.1 Å². The summed E-state index contributed by atoms with van der Waals surface area (Å²) in [7, 11) is -3.76. The van der Waals surface area contributed by atoms with Gasteiger partial charge in [-0.05, 0) is 48.0 Å². The topological polar surface area (TPSA) is 84.8 Å². The van der Waals surface area contributed by atoms with E-state index < -0.39 is 16.0 Å². The van der Waals surface area contributed by atoms with Crippen LogP contribution in [-0.2, 0) is 14.8 Å². The molecule has 1 aliphatic heterocycles. The fraction of sp³-hybridized carbons (Fsp3) is 0. The van der Waals surface area contributed by atoms with Crippen LogP contribution in [0.1, 0.15) is 11.1 Å². The number of fused-ring (bicyclic) bond motifs is 1. The first-order chi connectivity index (χ1) is 14.4. The lowest BCUT2D eigenvalue weighted by atomic mass is 10.2. The molecule has 0 fully saturated rings. The molecule has 0 spiro atoms. The Morgan fingerprint density at radius 2 is 1.77 bits per heavy atom. The van der Waals surface area contributed by atoms with Crippen molar-refractivity contribution in [2.24, 2.45) is 4.40 Å². The molecule has 4 rings (SSSR count). The van der Waals surface area contributed by atoms with Crippen molar-refractivity contribution >= 4 is 45.2 Å². The number of hydrogen-bond donors (Lipinski definition) is 1. The fourth-order valence-electron chi connectivity index (χ4n) is 2.90. The van der Waals surface area contributed by atoms with Crippen LogP contribution in [0.3, 0.4) is 0 Å². The Hall–Kier alpha value is -3.42. The van der Waals surface area contributed by atoms with Gasteiger partial charge in [-0.25, -0.2) is 4.79 Å². The van der Waals surface area contributed by atoms with Crippen molar-refractivity contribution in [2.45, 2.75) is 4.90 Å². The summed E-state index contributed by atoms with van der Waals surface area (Å²) in [6.45, 7) is 0. The van der Waals surface area contributed by atoms with E-state index in [0.717, 1.165) is 5.56 Å². The molecule has 0 atom stereocenters. The summed E-state index contributed by atoms with van der Waals surface area (Å²) < 4.78 is 33.7. The molecular formula is C22H15ClN2O4S. The van der Waals surface area contributed by atoms with Crippen LogP contribution in [0, 0.1) is 0 Å². The number of nitrogens with zero attached hydrogens (tertiary/aromatic N) is 1. The highest BCUT2D eigenvalue weighted by Gasteiger charge is 2.28. The SMILES string of the molecule is O=C(/C=C/c1cccc(Cl)c1)Oc1ccccc1NC1=NS(=O)(=O)c2ccccc21. The first kappa shape index (κ1) is 19.9. The van der Waals surface area contributed by atoms with Crippen LogP contribution in [0.25, 0.3) is 6.08 Å². The van der Waals surface area contributed by atoms with Gasteiger partial charge in [-0.3, -0.25) is 0 Å². The van der Waals surface area contributed by atoms with Gasteiger partial charge in [0.05, 0.1) is 5.69 Å². The molecule has 3 aromatic carbocycles. The molecule has 0 radical (unpaired) electrons. The Morgan fingerprint density at radius 3 is 2.60 bits per heavy atom. The quantitative estimate of drug-likeness (QED) is 0.368. The molecule has 30 heavy (non-hydrogen) atoms. The highest BCUT2D eigenvalue weighted by atomic mass is 35.5. The molecule has 0 aromatic heterocycles. The van der Waals surface area contributed by atoms with E-state index >= 15 is 0 Å². The van der Waals surface area contributed by atoms with E-state index in [4.69, 9.17) is 16.3 Å². The van der Waals surface area contributed by atoms with Crippen LogP contribution >= 0.6 is 11.6 Å². The Balaban J connectivity index is 1.55. The molecule has 0 saturated heterocycles. The largest absolute Gasteiger partial charge is 0.421 e. The number of carbonyl (C=O) groups excluding carboxylic acids is 1. The molecule has 1 N–H and O–H groups in total. The van der Waals surface area contributed by atoms with Gasteiger partial charge in [0.1, 0.15) is 4.90 Å². The molecule has 150 valence electrons. The molecule has 1 heterocycles. The van der Waals surface area contributed by atoms with Gasteiger partial charge in [0, 0.05) is 16.7 Å². The maximum atomic E-state index is 12.3. The van der Waals surface area contributed by atoms with Crippen LogP contribution in [0.15, 0.2) is 88.2 Å². The lowest BCUT2D eigenvalue weighted by Gasteiger charge is -2.11. The normalized spacial score (nSPS) is 14.2. The standard InChI is InChI=1S/C22H15ClN2O4S/c23-16-7-5-6-15(14-16)12-13-21(26)29-19-10-3-2-9-18(19)24-22-17-8-1-4-11-20(17)30(27,28)25-22/h1-14H,(H,24,25)/b13-12+. The lowest BCUT2D eigenvalue weighted by molar-refractivity contribution is -0.128. The third-order valence-electron chi connectivity index (χ3n) is 4.24. The fourth-order valence-corrected chi connectivity index (χ4v) is 4.27. The predicted octanol–water partition coefficient (Wildman–Crippen LogP) is 4.52. The van der Waals surface area contributed by atoms with Crippen LogP contribution in [0.5, 0.6) is 5.75 Å². The molecule has 0 amide bonds. The second-order valence-electron chi connectivity index (χ2n) is 6.34. The van der Waals surface area contributed by atoms with E-state index in [-0.39, 0.29) is 16.5 Å². The minimum absolute atomic E-state index is 0.131. The van der Waals surface area contributed by atoms with Crippen LogP contribution in [0.4, 0.5) is 5.69 Å². The monoisotopic (exact) mass is 438 g/mol. The second kappa shape index (κ2) is 8.14. The van der Waals surface area contributed by atoms with Crippen LogP contribution in [-0.4, -0.2) is 20.2 Å². The summed E-state index contributed by atoms with van der Waals surface area (Å²) in [4.78, 5) is 12.4. The molecule has 1 aliphatic rings. The molecule has 3 aromatic rings. The number of rotatable bonds is 4. The first-order valence-corrected chi connectivity index (χ1v) is 10.7. The molecule has 8 heteroatoms. The number of anilines is 1. The summed E-state index contributed by atoms with van der Waals surface area (Å²) in [5, 5.41) is 3.52. The van der Waals surface area contributed by atoms with E-state index in [2.05, 4.69) is 9.71 Å². The zero-order valence-electron chi connectivity index (χ0n) is 15.4. The number of amidine groups is 1. The minimum Gasteiger partial charge on any atom is -0.421 e. The van der Waals surface area contributed by atoms with E-state index in [1.165, 1.54) is 12.1 Å². The molecular weight excluding hydrogens is 424 g/mol. The third-order valence-corrected chi connectivity index (χ3v) is 5.81. The van der Waals surface area contributed by atoms with Gasteiger partial charge in [0.15, 0.2) is 11.6 Å². The van der Waals surface area contributed by atoms with Gasteiger partial charge in [0.2, 0.25) is 0 Å². The number of benzene rings is 3. The highest BCUT2D eigenvalue weighted by Crippen LogP contribution is 2.30. The number of hydrogen-bond acceptors (Lipinski definition) is 5. The van der Waals surface area contributed by atoms with Crippen LogP contribution in [0.2, 0.25) is 5.02 Å². The lowest BCUT2D eigenvalue weighted by Crippen LogP contribution is -2.13. The van der Waals surface area contributed by atoms with Crippen molar-refractivity contribution in [2.75, 3.05) is 5.32 Å². The smallest absolute Gasteiger partial charge is 0.336 e. The van der Waals surface area contributed by atoms with Crippen LogP contribution < -0.4 is 10.1 Å². The average Bonchev–Trinajstić information content (AvgIpc) is 2.98. The van der Waals surface area contributed by atoms with Crippen molar-refractivity contribution in [1.29, 1.82) is 0 Å². The number of para-hydroxylation sites is 2. The maximum absolute atomic E-state index is 12.3. The number of esters is 1. The number of halogens is 1. The molecule has 0 unspecified atom stereocenters. The Kier molecular flexibility index (Phi) is 5.39. The van der Waals surface area contributed by atoms with E-state index in [1.807, 2.05) is 0 Å². The van der Waals surface area contributed by atoms with E-state index in [1.54, 1.807) is 72.8 Å². The number of ether oxygens (including phenoxy) is 1. The minimum atomic E-state index is -3.76. The zero-order chi connectivity index (χ0) is 21.1. The Labute approximate surface area is 178 Å². The van der Waals surface area contributed by atoms with Gasteiger partial charge in [-0.15, -0.1) is 4.40 Å². The maximum Gasteiger partial charge on any atom is 0.336 e. The average molecular weight is 439 g/mol. The van der Waals surface area contributed by atoms with E-state index in [0.29, 0.717) is 16.3 Å². The third kappa shape index (κ3) is 4.27. The summed E-state index contributed by atoms with van der Waals surface area (Å²) in [6, 6.07) is 20.3. The number of sulfonamides is 1.